The van der Waals surface area contributed by atoms with Crippen molar-refractivity contribution in [2.75, 3.05) is 0 Å². The summed E-state index contributed by atoms with van der Waals surface area (Å²) in [6.45, 7) is 3.55. The van der Waals surface area contributed by atoms with E-state index in [0.717, 1.165) is 5.56 Å². The van der Waals surface area contributed by atoms with E-state index in [1.54, 1.807) is 38.1 Å². The zero-order valence-corrected chi connectivity index (χ0v) is 17.6. The van der Waals surface area contributed by atoms with Crippen LogP contribution in [0.15, 0.2) is 96.3 Å². The van der Waals surface area contributed by atoms with Crippen LogP contribution in [0.4, 0.5) is 4.39 Å². The lowest BCUT2D eigenvalue weighted by Crippen LogP contribution is -2.24. The van der Waals surface area contributed by atoms with Crippen molar-refractivity contribution in [1.29, 1.82) is 0 Å². The Labute approximate surface area is 181 Å². The van der Waals surface area contributed by atoms with Crippen LogP contribution in [0.2, 0.25) is 0 Å². The van der Waals surface area contributed by atoms with E-state index < -0.39 is 11.7 Å². The lowest BCUT2D eigenvalue weighted by molar-refractivity contribution is -0.115. The van der Waals surface area contributed by atoms with Gasteiger partial charge in [-0.05, 0) is 35.4 Å². The molecule has 0 heterocycles. The topological polar surface area (TPSA) is 54.4 Å². The number of hydrogen-bond acceptors (Lipinski definition) is 3. The zero-order valence-electron chi connectivity index (χ0n) is 17.6. The lowest BCUT2D eigenvalue weighted by Gasteiger charge is -2.22. The highest BCUT2D eigenvalue weighted by atomic mass is 19.1. The standard InChI is InChI=1S/C27H25FO3/c1-18(2)26(30)25(23(29)17-19-9-5-3-6-10-19)24(20-11-7-4-8-12-20)27(31)21-13-15-22(28)16-14-21/h3-16,18,24,30H,17H2,1-2H3/b26-25+. The van der Waals surface area contributed by atoms with E-state index >= 15 is 0 Å². The molecule has 1 N–H and O–H groups in total. The second-order valence-electron chi connectivity index (χ2n) is 7.75. The molecule has 3 nitrogen and oxygen atoms in total. The molecule has 0 spiro atoms. The normalized spacial score (nSPS) is 12.9. The number of halogens is 1. The van der Waals surface area contributed by atoms with Crippen LogP contribution in [0.3, 0.4) is 0 Å². The van der Waals surface area contributed by atoms with Crippen LogP contribution in [0.1, 0.15) is 41.3 Å². The van der Waals surface area contributed by atoms with E-state index in [2.05, 4.69) is 0 Å². The van der Waals surface area contributed by atoms with Gasteiger partial charge in [0, 0.05) is 23.5 Å². The highest BCUT2D eigenvalue weighted by Gasteiger charge is 2.33. The van der Waals surface area contributed by atoms with Gasteiger partial charge in [-0.15, -0.1) is 0 Å². The molecule has 0 aliphatic heterocycles. The minimum Gasteiger partial charge on any atom is -0.512 e. The van der Waals surface area contributed by atoms with Gasteiger partial charge in [-0.3, -0.25) is 9.59 Å². The van der Waals surface area contributed by atoms with Gasteiger partial charge in [-0.2, -0.15) is 0 Å². The molecule has 0 aliphatic rings. The monoisotopic (exact) mass is 416 g/mol. The number of carbonyl (C=O) groups is 2. The number of aliphatic hydroxyl groups excluding tert-OH is 1. The van der Waals surface area contributed by atoms with Gasteiger partial charge in [0.05, 0.1) is 5.92 Å². The molecule has 0 fully saturated rings. The molecule has 0 saturated heterocycles. The van der Waals surface area contributed by atoms with E-state index in [0.29, 0.717) is 5.56 Å². The third kappa shape index (κ3) is 5.34. The van der Waals surface area contributed by atoms with Crippen molar-refractivity contribution in [2.24, 2.45) is 5.92 Å². The first-order valence-corrected chi connectivity index (χ1v) is 10.2. The van der Waals surface area contributed by atoms with E-state index in [-0.39, 0.29) is 40.8 Å². The van der Waals surface area contributed by atoms with E-state index in [1.807, 2.05) is 36.4 Å². The van der Waals surface area contributed by atoms with Crippen LogP contribution < -0.4 is 0 Å². The molecule has 1 unspecified atom stereocenters. The summed E-state index contributed by atoms with van der Waals surface area (Å²) >= 11 is 0. The number of aliphatic hydroxyl groups is 1. The van der Waals surface area contributed by atoms with Gasteiger partial charge in [-0.25, -0.2) is 4.39 Å². The first kappa shape index (κ1) is 22.2. The first-order valence-electron chi connectivity index (χ1n) is 10.2. The fourth-order valence-corrected chi connectivity index (χ4v) is 3.51. The summed E-state index contributed by atoms with van der Waals surface area (Å²) in [6, 6.07) is 23.4. The maximum atomic E-state index is 13.6. The summed E-state index contributed by atoms with van der Waals surface area (Å²) in [7, 11) is 0. The van der Waals surface area contributed by atoms with Crippen LogP contribution >= 0.6 is 0 Å². The van der Waals surface area contributed by atoms with Crippen molar-refractivity contribution in [3.8, 4) is 0 Å². The van der Waals surface area contributed by atoms with Crippen molar-refractivity contribution in [3.63, 3.8) is 0 Å². The molecule has 0 saturated carbocycles. The quantitative estimate of drug-likeness (QED) is 0.275. The Morgan fingerprint density at radius 1 is 0.839 bits per heavy atom. The molecule has 31 heavy (non-hydrogen) atoms. The second kappa shape index (κ2) is 9.98. The number of benzene rings is 3. The highest BCUT2D eigenvalue weighted by molar-refractivity contribution is 6.11. The van der Waals surface area contributed by atoms with Crippen LogP contribution in [-0.2, 0) is 11.2 Å². The largest absolute Gasteiger partial charge is 0.512 e. The number of hydrogen-bond donors (Lipinski definition) is 1. The SMILES string of the molecule is CC(C)/C(O)=C(/C(=O)Cc1ccccc1)C(C(=O)c1ccc(F)cc1)c1ccccc1. The molecule has 0 amide bonds. The van der Waals surface area contributed by atoms with Crippen molar-refractivity contribution in [3.05, 3.63) is 119 Å². The predicted octanol–water partition coefficient (Wildman–Crippen LogP) is 6.07. The number of allylic oxidation sites excluding steroid dienone is 2. The Hall–Kier alpha value is -3.53. The fourth-order valence-electron chi connectivity index (χ4n) is 3.51. The maximum absolute atomic E-state index is 13.6. The van der Waals surface area contributed by atoms with Crippen molar-refractivity contribution in [1.82, 2.24) is 0 Å². The molecule has 0 bridgehead atoms. The predicted molar refractivity (Wildman–Crippen MR) is 120 cm³/mol. The maximum Gasteiger partial charge on any atom is 0.174 e. The van der Waals surface area contributed by atoms with E-state index in [4.69, 9.17) is 0 Å². The van der Waals surface area contributed by atoms with Crippen LogP contribution in [-0.4, -0.2) is 16.7 Å². The average molecular weight is 416 g/mol. The Morgan fingerprint density at radius 2 is 1.39 bits per heavy atom. The van der Waals surface area contributed by atoms with Crippen molar-refractivity contribution in [2.45, 2.75) is 26.2 Å². The molecular weight excluding hydrogens is 391 g/mol. The highest BCUT2D eigenvalue weighted by Crippen LogP contribution is 2.33. The average Bonchev–Trinajstić information content (AvgIpc) is 2.78. The van der Waals surface area contributed by atoms with Crippen LogP contribution in [0.5, 0.6) is 0 Å². The molecule has 3 aromatic carbocycles. The van der Waals surface area contributed by atoms with Crippen LogP contribution in [0, 0.1) is 11.7 Å². The Kier molecular flexibility index (Phi) is 7.14. The molecule has 4 heteroatoms. The molecule has 0 aromatic heterocycles. The molecule has 0 aliphatic carbocycles. The van der Waals surface area contributed by atoms with Crippen molar-refractivity contribution < 1.29 is 19.1 Å². The molecule has 3 aromatic rings. The lowest BCUT2D eigenvalue weighted by atomic mass is 9.79. The first-order chi connectivity index (χ1) is 14.9. The fraction of sp³-hybridized carbons (Fsp3) is 0.185. The van der Waals surface area contributed by atoms with Gasteiger partial charge in [0.15, 0.2) is 11.6 Å². The van der Waals surface area contributed by atoms with Gasteiger partial charge >= 0.3 is 0 Å². The third-order valence-corrected chi connectivity index (χ3v) is 5.14. The summed E-state index contributed by atoms with van der Waals surface area (Å²) in [4.78, 5) is 27.0. The van der Waals surface area contributed by atoms with Gasteiger partial charge in [0.25, 0.3) is 0 Å². The molecule has 1 atom stereocenters. The van der Waals surface area contributed by atoms with Crippen molar-refractivity contribution >= 4 is 11.6 Å². The zero-order chi connectivity index (χ0) is 22.4. The summed E-state index contributed by atoms with van der Waals surface area (Å²) in [5.41, 5.74) is 1.75. The summed E-state index contributed by atoms with van der Waals surface area (Å²) < 4.78 is 13.4. The minimum atomic E-state index is -0.995. The Balaban J connectivity index is 2.13. The molecular formula is C27H25FO3. The number of ketones is 2. The summed E-state index contributed by atoms with van der Waals surface area (Å²) in [6.07, 6.45) is 0.0625. The van der Waals surface area contributed by atoms with Gasteiger partial charge in [-0.1, -0.05) is 74.5 Å². The van der Waals surface area contributed by atoms with E-state index in [9.17, 15) is 19.1 Å². The van der Waals surface area contributed by atoms with Crippen LogP contribution in [0.25, 0.3) is 0 Å². The van der Waals surface area contributed by atoms with Gasteiger partial charge < -0.3 is 5.11 Å². The third-order valence-electron chi connectivity index (χ3n) is 5.14. The second-order valence-corrected chi connectivity index (χ2v) is 7.75. The summed E-state index contributed by atoms with van der Waals surface area (Å²) in [5.74, 6) is -2.58. The van der Waals surface area contributed by atoms with E-state index in [1.165, 1.54) is 24.3 Å². The Morgan fingerprint density at radius 3 is 1.94 bits per heavy atom. The summed E-state index contributed by atoms with van der Waals surface area (Å²) in [5, 5.41) is 11.0. The smallest absolute Gasteiger partial charge is 0.174 e. The molecule has 3 rings (SSSR count). The number of carbonyl (C=O) groups excluding carboxylic acids is 2. The van der Waals surface area contributed by atoms with Gasteiger partial charge in [0.1, 0.15) is 11.6 Å². The molecule has 158 valence electrons. The number of Topliss-reactive ketones (excluding diaryl/α,β-unsaturated/α-hetero) is 2. The van der Waals surface area contributed by atoms with Gasteiger partial charge in [0.2, 0.25) is 0 Å². The molecule has 0 radical (unpaired) electrons. The number of rotatable bonds is 8. The minimum absolute atomic E-state index is 0.0625. The Bertz CT molecular complexity index is 1070.